The van der Waals surface area contributed by atoms with Gasteiger partial charge < -0.3 is 26.6 Å². The summed E-state index contributed by atoms with van der Waals surface area (Å²) in [7, 11) is 0. The Labute approximate surface area is 186 Å². The second-order valence-corrected chi connectivity index (χ2v) is 9.26. The quantitative estimate of drug-likeness (QED) is 0.257. The molecule has 7 N–H and O–H groups in total. The number of aromatic nitrogens is 1. The number of hydrogen-bond donors (Lipinski definition) is 4. The molecule has 7 nitrogen and oxygen atoms in total. The number of aliphatic imine (C=N–C) groups is 1. The summed E-state index contributed by atoms with van der Waals surface area (Å²) in [4.78, 5) is 9.15. The van der Waals surface area contributed by atoms with Gasteiger partial charge in [-0.15, -0.1) is 0 Å². The van der Waals surface area contributed by atoms with Crippen LogP contribution in [-0.2, 0) is 12.8 Å². The summed E-state index contributed by atoms with van der Waals surface area (Å²) in [6.07, 6.45) is 11.2. The number of hydrogen-bond acceptors (Lipinski definition) is 6. The number of pyridine rings is 1. The number of rotatable bonds is 10. The highest BCUT2D eigenvalue weighted by atomic mass is 16.3. The van der Waals surface area contributed by atoms with Crippen LogP contribution >= 0.6 is 0 Å². The Kier molecular flexibility index (Phi) is 9.11. The van der Waals surface area contributed by atoms with Gasteiger partial charge in [-0.05, 0) is 63.5 Å². The molecular formula is C24H42N5O2+. The molecule has 7 heteroatoms. The zero-order valence-electron chi connectivity index (χ0n) is 19.3. The molecular weight excluding hydrogens is 390 g/mol. The van der Waals surface area contributed by atoms with Gasteiger partial charge in [0.1, 0.15) is 17.5 Å². The summed E-state index contributed by atoms with van der Waals surface area (Å²) in [5, 5.41) is 25.9. The smallest absolute Gasteiger partial charge is 0.365 e. The first-order valence-electron chi connectivity index (χ1n) is 12.2. The minimum absolute atomic E-state index is 0.0807. The third kappa shape index (κ3) is 6.64. The van der Waals surface area contributed by atoms with Crippen molar-refractivity contribution >= 4 is 11.7 Å². The number of aliphatic hydroxyl groups excluding tert-OH is 1. The van der Waals surface area contributed by atoms with Crippen molar-refractivity contribution in [3.05, 3.63) is 22.9 Å². The van der Waals surface area contributed by atoms with Gasteiger partial charge in [-0.2, -0.15) is 4.99 Å². The first-order valence-corrected chi connectivity index (χ1v) is 12.2. The molecule has 1 aromatic rings. The minimum atomic E-state index is -0.425. The van der Waals surface area contributed by atoms with Crippen LogP contribution in [0.1, 0.15) is 82.0 Å². The van der Waals surface area contributed by atoms with E-state index in [9.17, 15) is 5.11 Å². The zero-order chi connectivity index (χ0) is 22.2. The molecule has 0 aliphatic heterocycles. The SMILES string of the molecule is CCC(NC1CCCCC1)C(CO)CNc1nc2c(cc1/C([OH2+])=N/C(C)N)CCCC2. The lowest BCUT2D eigenvalue weighted by atomic mass is 9.91. The van der Waals surface area contributed by atoms with Gasteiger partial charge in [-0.25, -0.2) is 4.98 Å². The van der Waals surface area contributed by atoms with Gasteiger partial charge in [0.25, 0.3) is 0 Å². The van der Waals surface area contributed by atoms with Gasteiger partial charge in [0, 0.05) is 36.8 Å². The van der Waals surface area contributed by atoms with Crippen molar-refractivity contribution in [3.8, 4) is 0 Å². The van der Waals surface area contributed by atoms with Crippen molar-refractivity contribution in [2.45, 2.75) is 96.3 Å². The van der Waals surface area contributed by atoms with Crippen LogP contribution in [0.4, 0.5) is 5.82 Å². The standard InChI is InChI=1S/C24H41N5O2/c1-3-21(28-19-10-5-4-6-11-19)18(15-30)14-26-23-20(24(31)27-16(2)25)13-17-9-7-8-12-22(17)29-23/h13,16,18-19,21,28,30H,3-12,14-15,25H2,1-2H3,(H,26,29)(H,27,31)/p+1. The van der Waals surface area contributed by atoms with Crippen LogP contribution < -0.4 is 16.4 Å². The maximum Gasteiger partial charge on any atom is 0.365 e. The molecule has 3 rings (SSSR count). The van der Waals surface area contributed by atoms with E-state index in [4.69, 9.17) is 15.8 Å². The van der Waals surface area contributed by atoms with Crippen molar-refractivity contribution in [3.63, 3.8) is 0 Å². The van der Waals surface area contributed by atoms with Crippen LogP contribution in [0.5, 0.6) is 0 Å². The summed E-state index contributed by atoms with van der Waals surface area (Å²) in [6.45, 7) is 4.69. The Balaban J connectivity index is 1.75. The van der Waals surface area contributed by atoms with Gasteiger partial charge in [-0.1, -0.05) is 26.2 Å². The van der Waals surface area contributed by atoms with Crippen LogP contribution in [-0.4, -0.2) is 52.5 Å². The number of nitrogens with zero attached hydrogens (tertiary/aromatic N) is 2. The highest BCUT2D eigenvalue weighted by Gasteiger charge is 2.26. The fourth-order valence-corrected chi connectivity index (χ4v) is 4.94. The molecule has 1 saturated carbocycles. The van der Waals surface area contributed by atoms with Crippen molar-refractivity contribution < 1.29 is 10.2 Å². The lowest BCUT2D eigenvalue weighted by molar-refractivity contribution is 0.180. The summed E-state index contributed by atoms with van der Waals surface area (Å²) in [5.41, 5.74) is 8.88. The van der Waals surface area contributed by atoms with Gasteiger partial charge in [-0.3, -0.25) is 0 Å². The molecule has 1 fully saturated rings. The monoisotopic (exact) mass is 432 g/mol. The molecule has 3 unspecified atom stereocenters. The molecule has 2 aliphatic carbocycles. The van der Waals surface area contributed by atoms with Crippen LogP contribution in [0.2, 0.25) is 0 Å². The summed E-state index contributed by atoms with van der Waals surface area (Å²) >= 11 is 0. The Morgan fingerprint density at radius 3 is 2.68 bits per heavy atom. The molecule has 3 atom stereocenters. The maximum absolute atomic E-state index is 10.1. The summed E-state index contributed by atoms with van der Waals surface area (Å²) < 4.78 is 0. The predicted molar refractivity (Wildman–Crippen MR) is 128 cm³/mol. The Hall–Kier alpha value is -1.70. The molecule has 0 amide bonds. The molecule has 0 bridgehead atoms. The third-order valence-electron chi connectivity index (χ3n) is 6.72. The van der Waals surface area contributed by atoms with E-state index in [0.29, 0.717) is 24.0 Å². The van der Waals surface area contributed by atoms with Crippen molar-refractivity contribution in [1.29, 1.82) is 0 Å². The minimum Gasteiger partial charge on any atom is -0.578 e. The second-order valence-electron chi connectivity index (χ2n) is 9.26. The normalized spacial score (nSPS) is 20.7. The first-order chi connectivity index (χ1) is 15.0. The number of aryl methyl sites for hydroxylation is 2. The van der Waals surface area contributed by atoms with E-state index in [-0.39, 0.29) is 24.5 Å². The highest BCUT2D eigenvalue weighted by Crippen LogP contribution is 2.26. The fourth-order valence-electron chi connectivity index (χ4n) is 4.94. The molecule has 2 aliphatic rings. The lowest BCUT2D eigenvalue weighted by Crippen LogP contribution is -2.46. The Bertz CT molecular complexity index is 731. The number of aliphatic hydroxyl groups is 1. The van der Waals surface area contributed by atoms with Crippen LogP contribution in [0.15, 0.2) is 11.1 Å². The average molecular weight is 433 g/mol. The number of nitrogens with two attached hydrogens (primary N) is 1. The van der Waals surface area contributed by atoms with Gasteiger partial charge in [0.05, 0.1) is 0 Å². The third-order valence-corrected chi connectivity index (χ3v) is 6.72. The molecule has 0 spiro atoms. The molecule has 31 heavy (non-hydrogen) atoms. The van der Waals surface area contributed by atoms with E-state index in [2.05, 4.69) is 28.6 Å². The van der Waals surface area contributed by atoms with Gasteiger partial charge in [0.15, 0.2) is 0 Å². The molecule has 0 radical (unpaired) electrons. The van der Waals surface area contributed by atoms with E-state index in [1.165, 1.54) is 37.7 Å². The fraction of sp³-hybridized carbons (Fsp3) is 0.750. The Morgan fingerprint density at radius 1 is 1.26 bits per heavy atom. The predicted octanol–water partition coefficient (Wildman–Crippen LogP) is 2.46. The largest absolute Gasteiger partial charge is 0.578 e. The molecule has 1 heterocycles. The summed E-state index contributed by atoms with van der Waals surface area (Å²) in [5.74, 6) is 0.949. The maximum atomic E-state index is 10.1. The zero-order valence-corrected chi connectivity index (χ0v) is 19.3. The molecule has 1 aromatic heterocycles. The van der Waals surface area contributed by atoms with Crippen molar-refractivity contribution in [1.82, 2.24) is 10.3 Å². The number of fused-ring (bicyclic) bond motifs is 1. The van der Waals surface area contributed by atoms with Gasteiger partial charge >= 0.3 is 5.90 Å². The molecule has 0 aromatic carbocycles. The Morgan fingerprint density at radius 2 is 2.00 bits per heavy atom. The average Bonchev–Trinajstić information content (AvgIpc) is 2.78. The van der Waals surface area contributed by atoms with Crippen LogP contribution in [0.25, 0.3) is 0 Å². The number of anilines is 1. The number of nitrogens with one attached hydrogen (secondary N) is 2. The van der Waals surface area contributed by atoms with Crippen molar-refractivity contribution in [2.24, 2.45) is 16.6 Å². The van der Waals surface area contributed by atoms with E-state index >= 15 is 0 Å². The topological polar surface area (TPSA) is 118 Å². The first kappa shape index (κ1) is 24.0. The van der Waals surface area contributed by atoms with E-state index < -0.39 is 6.17 Å². The van der Waals surface area contributed by atoms with Crippen LogP contribution in [0, 0.1) is 5.92 Å². The molecule has 0 saturated heterocycles. The van der Waals surface area contributed by atoms with E-state index in [0.717, 1.165) is 37.8 Å². The van der Waals surface area contributed by atoms with Crippen molar-refractivity contribution in [2.75, 3.05) is 18.5 Å². The van der Waals surface area contributed by atoms with Gasteiger partial charge in [0.2, 0.25) is 0 Å². The van der Waals surface area contributed by atoms with E-state index in [1.807, 2.05) is 0 Å². The lowest BCUT2D eigenvalue weighted by Gasteiger charge is -2.32. The molecule has 174 valence electrons. The highest BCUT2D eigenvalue weighted by molar-refractivity contribution is 5.97. The summed E-state index contributed by atoms with van der Waals surface area (Å²) in [6, 6.07) is 2.89. The van der Waals surface area contributed by atoms with Crippen LogP contribution in [0.3, 0.4) is 0 Å². The second kappa shape index (κ2) is 11.8. The van der Waals surface area contributed by atoms with E-state index in [1.54, 1.807) is 6.92 Å².